The predicted molar refractivity (Wildman–Crippen MR) is 58.3 cm³/mol. The fourth-order valence-corrected chi connectivity index (χ4v) is 2.00. The minimum absolute atomic E-state index is 0.148. The molecule has 2 rings (SSSR count). The largest absolute Gasteiger partial charge is 0.356 e. The number of aromatic nitrogens is 1. The van der Waals surface area contributed by atoms with Gasteiger partial charge in [0.05, 0.1) is 0 Å². The van der Waals surface area contributed by atoms with Crippen molar-refractivity contribution in [3.05, 3.63) is 30.1 Å². The van der Waals surface area contributed by atoms with Gasteiger partial charge in [0.1, 0.15) is 0 Å². The normalized spacial score (nSPS) is 21.9. The number of nitrogens with zero attached hydrogens (tertiary/aromatic N) is 1. The quantitative estimate of drug-likeness (QED) is 0.794. The van der Waals surface area contributed by atoms with Gasteiger partial charge in [-0.25, -0.2) is 0 Å². The summed E-state index contributed by atoms with van der Waals surface area (Å²) in [6.45, 7) is 0.839. The summed E-state index contributed by atoms with van der Waals surface area (Å²) in [4.78, 5) is 15.7. The SMILES string of the molecule is O=C1NCCCCC1Cc1ccncc1. The fraction of sp³-hybridized carbons (Fsp3) is 0.500. The zero-order chi connectivity index (χ0) is 10.5. The highest BCUT2D eigenvalue weighted by atomic mass is 16.1. The van der Waals surface area contributed by atoms with Crippen molar-refractivity contribution < 1.29 is 4.79 Å². The van der Waals surface area contributed by atoms with E-state index in [9.17, 15) is 4.79 Å². The first kappa shape index (κ1) is 10.1. The Balaban J connectivity index is 2.01. The van der Waals surface area contributed by atoms with Crippen LogP contribution in [0.2, 0.25) is 0 Å². The Kier molecular flexibility index (Phi) is 3.33. The van der Waals surface area contributed by atoms with E-state index in [0.717, 1.165) is 32.2 Å². The summed E-state index contributed by atoms with van der Waals surface area (Å²) >= 11 is 0. The second-order valence-corrected chi connectivity index (χ2v) is 4.04. The number of hydrogen-bond donors (Lipinski definition) is 1. The van der Waals surface area contributed by atoms with Gasteiger partial charge in [-0.1, -0.05) is 6.42 Å². The molecule has 1 unspecified atom stereocenters. The molecule has 0 bridgehead atoms. The van der Waals surface area contributed by atoms with Crippen molar-refractivity contribution in [1.29, 1.82) is 0 Å². The number of amides is 1. The molecule has 0 spiro atoms. The van der Waals surface area contributed by atoms with E-state index in [2.05, 4.69) is 10.3 Å². The van der Waals surface area contributed by atoms with Crippen LogP contribution in [0.5, 0.6) is 0 Å². The maximum atomic E-state index is 11.7. The maximum absolute atomic E-state index is 11.7. The lowest BCUT2D eigenvalue weighted by atomic mass is 9.95. The fourth-order valence-electron chi connectivity index (χ4n) is 2.00. The van der Waals surface area contributed by atoms with E-state index in [1.165, 1.54) is 5.56 Å². The average molecular weight is 204 g/mol. The molecule has 80 valence electrons. The summed E-state index contributed by atoms with van der Waals surface area (Å²) < 4.78 is 0. The second kappa shape index (κ2) is 4.91. The van der Waals surface area contributed by atoms with Crippen LogP contribution in [0.3, 0.4) is 0 Å². The molecular weight excluding hydrogens is 188 g/mol. The molecule has 1 fully saturated rings. The van der Waals surface area contributed by atoms with E-state index in [0.29, 0.717) is 0 Å². The molecule has 1 aliphatic rings. The molecule has 1 saturated heterocycles. The first-order valence-electron chi connectivity index (χ1n) is 5.53. The highest BCUT2D eigenvalue weighted by molar-refractivity contribution is 5.79. The number of hydrogen-bond acceptors (Lipinski definition) is 2. The maximum Gasteiger partial charge on any atom is 0.223 e. The molecule has 1 aliphatic heterocycles. The smallest absolute Gasteiger partial charge is 0.223 e. The highest BCUT2D eigenvalue weighted by Crippen LogP contribution is 2.17. The molecule has 0 aromatic carbocycles. The van der Waals surface area contributed by atoms with Crippen molar-refractivity contribution in [2.75, 3.05) is 6.54 Å². The minimum Gasteiger partial charge on any atom is -0.356 e. The lowest BCUT2D eigenvalue weighted by molar-refractivity contribution is -0.124. The van der Waals surface area contributed by atoms with Gasteiger partial charge in [0.25, 0.3) is 0 Å². The second-order valence-electron chi connectivity index (χ2n) is 4.04. The molecule has 0 saturated carbocycles. The van der Waals surface area contributed by atoms with Gasteiger partial charge in [0.2, 0.25) is 5.91 Å². The third kappa shape index (κ3) is 2.78. The van der Waals surface area contributed by atoms with Crippen LogP contribution >= 0.6 is 0 Å². The van der Waals surface area contributed by atoms with Gasteiger partial charge in [0, 0.05) is 24.9 Å². The third-order valence-electron chi connectivity index (χ3n) is 2.88. The van der Waals surface area contributed by atoms with E-state index in [-0.39, 0.29) is 11.8 Å². The Morgan fingerprint density at radius 1 is 1.33 bits per heavy atom. The molecule has 0 radical (unpaired) electrons. The van der Waals surface area contributed by atoms with Crippen LogP contribution in [-0.4, -0.2) is 17.4 Å². The number of carbonyl (C=O) groups is 1. The summed E-state index contributed by atoms with van der Waals surface area (Å²) in [6, 6.07) is 3.97. The van der Waals surface area contributed by atoms with E-state index in [1.54, 1.807) is 12.4 Å². The third-order valence-corrected chi connectivity index (χ3v) is 2.88. The van der Waals surface area contributed by atoms with Gasteiger partial charge in [-0.05, 0) is 37.0 Å². The molecular formula is C12H16N2O. The van der Waals surface area contributed by atoms with Crippen LogP contribution in [0, 0.1) is 5.92 Å². The van der Waals surface area contributed by atoms with Crippen LogP contribution in [-0.2, 0) is 11.2 Å². The van der Waals surface area contributed by atoms with Crippen molar-refractivity contribution in [3.8, 4) is 0 Å². The summed E-state index contributed by atoms with van der Waals surface area (Å²) in [6.07, 6.45) is 7.67. The minimum atomic E-state index is 0.148. The van der Waals surface area contributed by atoms with Crippen LogP contribution in [0.4, 0.5) is 0 Å². The topological polar surface area (TPSA) is 42.0 Å². The first-order valence-corrected chi connectivity index (χ1v) is 5.53. The van der Waals surface area contributed by atoms with Crippen molar-refractivity contribution in [2.45, 2.75) is 25.7 Å². The molecule has 1 aromatic heterocycles. The van der Waals surface area contributed by atoms with E-state index in [4.69, 9.17) is 0 Å². The summed E-state index contributed by atoms with van der Waals surface area (Å²) in [7, 11) is 0. The van der Waals surface area contributed by atoms with Gasteiger partial charge in [-0.2, -0.15) is 0 Å². The van der Waals surface area contributed by atoms with Crippen molar-refractivity contribution in [2.24, 2.45) is 5.92 Å². The molecule has 15 heavy (non-hydrogen) atoms. The Morgan fingerprint density at radius 2 is 2.13 bits per heavy atom. The van der Waals surface area contributed by atoms with Crippen LogP contribution in [0.1, 0.15) is 24.8 Å². The molecule has 3 nitrogen and oxygen atoms in total. The zero-order valence-corrected chi connectivity index (χ0v) is 8.78. The molecule has 2 heterocycles. The Bertz CT molecular complexity index is 324. The van der Waals surface area contributed by atoms with E-state index >= 15 is 0 Å². The van der Waals surface area contributed by atoms with Gasteiger partial charge in [-0.3, -0.25) is 9.78 Å². The summed E-state index contributed by atoms with van der Waals surface area (Å²) in [5.74, 6) is 0.360. The van der Waals surface area contributed by atoms with Gasteiger partial charge >= 0.3 is 0 Å². The lowest BCUT2D eigenvalue weighted by Gasteiger charge is -2.12. The molecule has 3 heteroatoms. The zero-order valence-electron chi connectivity index (χ0n) is 8.78. The van der Waals surface area contributed by atoms with Crippen LogP contribution in [0.15, 0.2) is 24.5 Å². The van der Waals surface area contributed by atoms with E-state index < -0.39 is 0 Å². The van der Waals surface area contributed by atoms with Crippen molar-refractivity contribution in [1.82, 2.24) is 10.3 Å². The van der Waals surface area contributed by atoms with Crippen molar-refractivity contribution in [3.63, 3.8) is 0 Å². The number of nitrogens with one attached hydrogen (secondary N) is 1. The lowest BCUT2D eigenvalue weighted by Crippen LogP contribution is -2.30. The summed E-state index contributed by atoms with van der Waals surface area (Å²) in [5.41, 5.74) is 1.20. The highest BCUT2D eigenvalue weighted by Gasteiger charge is 2.20. The molecule has 1 amide bonds. The van der Waals surface area contributed by atoms with Crippen LogP contribution < -0.4 is 5.32 Å². The average Bonchev–Trinajstić information content (AvgIpc) is 2.46. The number of rotatable bonds is 2. The van der Waals surface area contributed by atoms with Crippen LogP contribution in [0.25, 0.3) is 0 Å². The summed E-state index contributed by atoms with van der Waals surface area (Å²) in [5, 5.41) is 2.96. The van der Waals surface area contributed by atoms with Crippen molar-refractivity contribution >= 4 is 5.91 Å². The molecule has 1 atom stereocenters. The predicted octanol–water partition coefficient (Wildman–Crippen LogP) is 1.54. The van der Waals surface area contributed by atoms with Gasteiger partial charge in [-0.15, -0.1) is 0 Å². The number of carbonyl (C=O) groups excluding carboxylic acids is 1. The standard InChI is InChI=1S/C12H16N2O/c15-12-11(3-1-2-6-14-12)9-10-4-7-13-8-5-10/h4-5,7-8,11H,1-3,6,9H2,(H,14,15). The molecule has 1 aromatic rings. The van der Waals surface area contributed by atoms with Gasteiger partial charge < -0.3 is 5.32 Å². The Hall–Kier alpha value is -1.38. The van der Waals surface area contributed by atoms with E-state index in [1.807, 2.05) is 12.1 Å². The molecule has 0 aliphatic carbocycles. The monoisotopic (exact) mass is 204 g/mol. The Labute approximate surface area is 89.9 Å². The number of pyridine rings is 1. The van der Waals surface area contributed by atoms with Gasteiger partial charge in [0.15, 0.2) is 0 Å². The Morgan fingerprint density at radius 3 is 2.93 bits per heavy atom. The first-order chi connectivity index (χ1) is 7.36. The molecule has 1 N–H and O–H groups in total.